The van der Waals surface area contributed by atoms with E-state index in [0.29, 0.717) is 23.9 Å². The topological polar surface area (TPSA) is 90.8 Å². The van der Waals surface area contributed by atoms with Crippen molar-refractivity contribution in [3.63, 3.8) is 0 Å². The van der Waals surface area contributed by atoms with Crippen molar-refractivity contribution in [1.82, 2.24) is 24.5 Å². The molecule has 0 fully saturated rings. The Hall–Kier alpha value is -3.68. The van der Waals surface area contributed by atoms with Crippen LogP contribution in [0.1, 0.15) is 16.2 Å². The van der Waals surface area contributed by atoms with Crippen molar-refractivity contribution in [1.29, 1.82) is 0 Å². The number of carbonyl (C=O) groups excluding carboxylic acids is 1. The Labute approximate surface area is 142 Å². The predicted octanol–water partition coefficient (Wildman–Crippen LogP) is 2.36. The van der Waals surface area contributed by atoms with E-state index in [1.165, 1.54) is 0 Å². The van der Waals surface area contributed by atoms with Crippen LogP contribution in [0.5, 0.6) is 0 Å². The third-order valence-corrected chi connectivity index (χ3v) is 3.55. The average molecular weight is 334 g/mol. The summed E-state index contributed by atoms with van der Waals surface area (Å²) in [6.45, 7) is 0.427. The van der Waals surface area contributed by atoms with Gasteiger partial charge in [0, 0.05) is 18.5 Å². The first-order valence-corrected chi connectivity index (χ1v) is 7.62. The van der Waals surface area contributed by atoms with Gasteiger partial charge in [-0.3, -0.25) is 4.79 Å². The maximum atomic E-state index is 12.5. The van der Waals surface area contributed by atoms with Gasteiger partial charge in [0.1, 0.15) is 23.8 Å². The van der Waals surface area contributed by atoms with Crippen molar-refractivity contribution >= 4 is 11.7 Å². The predicted molar refractivity (Wildman–Crippen MR) is 89.3 cm³/mol. The molecule has 0 bridgehead atoms. The monoisotopic (exact) mass is 334 g/mol. The molecule has 124 valence electrons. The lowest BCUT2D eigenvalue weighted by Crippen LogP contribution is -2.18. The van der Waals surface area contributed by atoms with Gasteiger partial charge in [0.25, 0.3) is 5.91 Å². The van der Waals surface area contributed by atoms with E-state index in [-0.39, 0.29) is 5.91 Å². The van der Waals surface area contributed by atoms with Crippen molar-refractivity contribution in [2.45, 2.75) is 6.54 Å². The SMILES string of the molecule is O=C(Nc1ccnn1Cc1ccco1)c1cccc(-n2cccn2)n1. The van der Waals surface area contributed by atoms with Crippen molar-refractivity contribution in [3.8, 4) is 5.82 Å². The summed E-state index contributed by atoms with van der Waals surface area (Å²) >= 11 is 0. The maximum Gasteiger partial charge on any atom is 0.275 e. The van der Waals surface area contributed by atoms with Crippen LogP contribution >= 0.6 is 0 Å². The fraction of sp³-hybridized carbons (Fsp3) is 0.0588. The molecule has 0 aromatic carbocycles. The zero-order valence-corrected chi connectivity index (χ0v) is 13.1. The number of furan rings is 1. The van der Waals surface area contributed by atoms with E-state index < -0.39 is 0 Å². The number of anilines is 1. The highest BCUT2D eigenvalue weighted by molar-refractivity contribution is 6.02. The first-order chi connectivity index (χ1) is 12.3. The van der Waals surface area contributed by atoms with Gasteiger partial charge in [-0.25, -0.2) is 14.3 Å². The zero-order chi connectivity index (χ0) is 17.1. The second-order valence-corrected chi connectivity index (χ2v) is 5.24. The van der Waals surface area contributed by atoms with Crippen LogP contribution in [-0.4, -0.2) is 30.5 Å². The van der Waals surface area contributed by atoms with Crippen LogP contribution in [0, 0.1) is 0 Å². The largest absolute Gasteiger partial charge is 0.467 e. The minimum Gasteiger partial charge on any atom is -0.467 e. The molecule has 8 nitrogen and oxygen atoms in total. The Balaban J connectivity index is 1.53. The van der Waals surface area contributed by atoms with Gasteiger partial charge < -0.3 is 9.73 Å². The number of rotatable bonds is 5. The molecule has 0 aliphatic carbocycles. The van der Waals surface area contributed by atoms with Crippen molar-refractivity contribution in [2.24, 2.45) is 0 Å². The number of aromatic nitrogens is 5. The highest BCUT2D eigenvalue weighted by Gasteiger charge is 2.13. The molecule has 0 saturated heterocycles. The van der Waals surface area contributed by atoms with E-state index in [2.05, 4.69) is 20.5 Å². The first kappa shape index (κ1) is 14.9. The van der Waals surface area contributed by atoms with Gasteiger partial charge in [0.15, 0.2) is 5.82 Å². The summed E-state index contributed by atoms with van der Waals surface area (Å²) in [4.78, 5) is 16.9. The fourth-order valence-corrected chi connectivity index (χ4v) is 2.38. The second-order valence-electron chi connectivity index (χ2n) is 5.24. The highest BCUT2D eigenvalue weighted by Crippen LogP contribution is 2.12. The molecule has 0 radical (unpaired) electrons. The van der Waals surface area contributed by atoms with Crippen LogP contribution < -0.4 is 5.32 Å². The van der Waals surface area contributed by atoms with Gasteiger partial charge in [-0.1, -0.05) is 6.07 Å². The molecule has 0 atom stereocenters. The summed E-state index contributed by atoms with van der Waals surface area (Å²) in [6.07, 6.45) is 6.64. The smallest absolute Gasteiger partial charge is 0.275 e. The van der Waals surface area contributed by atoms with Crippen molar-refractivity contribution < 1.29 is 9.21 Å². The Morgan fingerprint density at radius 3 is 2.84 bits per heavy atom. The van der Waals surface area contributed by atoms with Gasteiger partial charge in [0.2, 0.25) is 0 Å². The van der Waals surface area contributed by atoms with Crippen molar-refractivity contribution in [2.75, 3.05) is 5.32 Å². The molecule has 0 aliphatic heterocycles. The summed E-state index contributed by atoms with van der Waals surface area (Å²) in [5, 5.41) is 11.1. The van der Waals surface area contributed by atoms with E-state index in [9.17, 15) is 4.79 Å². The number of nitrogens with zero attached hydrogens (tertiary/aromatic N) is 5. The van der Waals surface area contributed by atoms with Gasteiger partial charge >= 0.3 is 0 Å². The molecule has 0 unspecified atom stereocenters. The van der Waals surface area contributed by atoms with E-state index in [1.807, 2.05) is 12.1 Å². The molecule has 4 aromatic heterocycles. The number of amides is 1. The molecule has 4 rings (SSSR count). The summed E-state index contributed by atoms with van der Waals surface area (Å²) in [5.41, 5.74) is 0.291. The molecule has 25 heavy (non-hydrogen) atoms. The Morgan fingerprint density at radius 1 is 1.08 bits per heavy atom. The first-order valence-electron chi connectivity index (χ1n) is 7.62. The standard InChI is InChI=1S/C17H14N6O2/c24-17(14-5-1-6-15(20-14)22-10-3-8-18-22)21-16-7-9-19-23(16)12-13-4-2-11-25-13/h1-11H,12H2,(H,21,24). The molecule has 1 amide bonds. The highest BCUT2D eigenvalue weighted by atomic mass is 16.3. The number of nitrogens with one attached hydrogen (secondary N) is 1. The van der Waals surface area contributed by atoms with E-state index >= 15 is 0 Å². The molecular formula is C17H14N6O2. The fourth-order valence-electron chi connectivity index (χ4n) is 2.38. The van der Waals surface area contributed by atoms with Gasteiger partial charge in [0.05, 0.1) is 12.5 Å². The summed E-state index contributed by atoms with van der Waals surface area (Å²) in [6, 6.07) is 12.4. The third kappa shape index (κ3) is 3.18. The van der Waals surface area contributed by atoms with E-state index in [0.717, 1.165) is 5.76 Å². The summed E-state index contributed by atoms with van der Waals surface area (Å²) < 4.78 is 8.56. The summed E-state index contributed by atoms with van der Waals surface area (Å²) in [7, 11) is 0. The summed E-state index contributed by atoms with van der Waals surface area (Å²) in [5.74, 6) is 1.56. The second kappa shape index (κ2) is 6.44. The van der Waals surface area contributed by atoms with Crippen LogP contribution in [0.3, 0.4) is 0 Å². The molecule has 4 heterocycles. The number of hydrogen-bond acceptors (Lipinski definition) is 5. The number of hydrogen-bond donors (Lipinski definition) is 1. The third-order valence-electron chi connectivity index (χ3n) is 3.55. The number of carbonyl (C=O) groups is 1. The quantitative estimate of drug-likeness (QED) is 0.605. The number of pyridine rings is 1. The average Bonchev–Trinajstić information content (AvgIpc) is 3.39. The van der Waals surface area contributed by atoms with Crippen LogP contribution in [0.25, 0.3) is 5.82 Å². The van der Waals surface area contributed by atoms with Crippen molar-refractivity contribution in [3.05, 3.63) is 78.8 Å². The lowest BCUT2D eigenvalue weighted by atomic mass is 10.3. The molecule has 0 aliphatic rings. The van der Waals surface area contributed by atoms with Crippen LogP contribution in [-0.2, 0) is 6.54 Å². The molecule has 4 aromatic rings. The molecule has 8 heteroatoms. The Bertz CT molecular complexity index is 972. The lowest BCUT2D eigenvalue weighted by molar-refractivity contribution is 0.102. The lowest BCUT2D eigenvalue weighted by Gasteiger charge is -2.08. The minimum atomic E-state index is -0.324. The minimum absolute atomic E-state index is 0.291. The molecule has 0 saturated carbocycles. The van der Waals surface area contributed by atoms with Crippen LogP contribution in [0.4, 0.5) is 5.82 Å². The molecule has 0 spiro atoms. The maximum absolute atomic E-state index is 12.5. The van der Waals surface area contributed by atoms with E-state index in [1.54, 1.807) is 64.5 Å². The van der Waals surface area contributed by atoms with Gasteiger partial charge in [-0.2, -0.15) is 10.2 Å². The van der Waals surface area contributed by atoms with E-state index in [4.69, 9.17) is 4.42 Å². The molecular weight excluding hydrogens is 320 g/mol. The Morgan fingerprint density at radius 2 is 2.04 bits per heavy atom. The zero-order valence-electron chi connectivity index (χ0n) is 13.1. The van der Waals surface area contributed by atoms with Crippen LogP contribution in [0.15, 0.2) is 71.7 Å². The Kier molecular flexibility index (Phi) is 3.83. The molecule has 1 N–H and O–H groups in total. The van der Waals surface area contributed by atoms with Crippen LogP contribution in [0.2, 0.25) is 0 Å². The van der Waals surface area contributed by atoms with Gasteiger partial charge in [-0.15, -0.1) is 0 Å². The van der Waals surface area contributed by atoms with Gasteiger partial charge in [-0.05, 0) is 30.3 Å². The normalized spacial score (nSPS) is 10.7.